The van der Waals surface area contributed by atoms with Gasteiger partial charge in [0, 0.05) is 12.5 Å². The summed E-state index contributed by atoms with van der Waals surface area (Å²) in [6.07, 6.45) is 121. The maximum absolute atomic E-state index is 10.3. The monoisotopic (exact) mass is 1320 g/mol. The molecule has 3 heteroatoms. The molecule has 0 bridgehead atoms. The number of aliphatic carboxylic acids is 1. The van der Waals surface area contributed by atoms with Gasteiger partial charge in [-0.2, -0.15) is 0 Å². The van der Waals surface area contributed by atoms with Crippen LogP contribution in [0, 0.1) is 0 Å². The summed E-state index contributed by atoms with van der Waals surface area (Å²) < 4.78 is 0. The van der Waals surface area contributed by atoms with Crippen molar-refractivity contribution in [3.05, 3.63) is 36.5 Å². The van der Waals surface area contributed by atoms with E-state index in [2.05, 4.69) is 76.0 Å². The highest BCUT2D eigenvalue weighted by molar-refractivity contribution is 5.66. The fourth-order valence-electron chi connectivity index (χ4n) is 14.3. The van der Waals surface area contributed by atoms with E-state index in [0.717, 1.165) is 18.9 Å². The van der Waals surface area contributed by atoms with Gasteiger partial charge in [0.05, 0.1) is 0 Å². The van der Waals surface area contributed by atoms with Crippen LogP contribution in [0.1, 0.15) is 523 Å². The molecule has 560 valence electrons. The second-order valence-corrected chi connectivity index (χ2v) is 30.5. The molecule has 0 rings (SSSR count). The molecule has 0 amide bonds. The van der Waals surface area contributed by atoms with E-state index in [9.17, 15) is 4.79 Å². The Kier molecular flexibility index (Phi) is 90.3. The molecule has 0 aromatic heterocycles. The minimum absolute atomic E-state index is 0.332. The Labute approximate surface area is 595 Å². The third-order valence-electron chi connectivity index (χ3n) is 20.9. The number of nitrogens with zero attached hydrogens (tertiary/aromatic N) is 1. The number of allylic oxidation sites excluding steroid dienone is 6. The van der Waals surface area contributed by atoms with Crippen molar-refractivity contribution in [2.75, 3.05) is 13.1 Å². The molecule has 0 radical (unpaired) electrons. The highest BCUT2D eigenvalue weighted by Crippen LogP contribution is 2.24. The normalized spacial score (nSPS) is 11.9. The van der Waals surface area contributed by atoms with E-state index in [1.54, 1.807) is 0 Å². The molecule has 1 N–H and O–H groups in total. The van der Waals surface area contributed by atoms with Crippen LogP contribution in [0.25, 0.3) is 0 Å². The van der Waals surface area contributed by atoms with Crippen LogP contribution in [0.3, 0.4) is 0 Å². The lowest BCUT2D eigenvalue weighted by molar-refractivity contribution is -0.137. The van der Waals surface area contributed by atoms with Gasteiger partial charge in [0.2, 0.25) is 0 Å². The van der Waals surface area contributed by atoms with Gasteiger partial charge in [-0.15, -0.1) is 0 Å². The first-order valence-corrected chi connectivity index (χ1v) is 44.5. The molecule has 0 spiro atoms. The van der Waals surface area contributed by atoms with Crippen LogP contribution in [0.15, 0.2) is 36.5 Å². The molecule has 94 heavy (non-hydrogen) atoms. The van der Waals surface area contributed by atoms with Gasteiger partial charge in [0.1, 0.15) is 0 Å². The molecular formula is C91H179NO2. The molecule has 0 heterocycles. The molecule has 0 saturated carbocycles. The number of carboxylic acids is 1. The largest absolute Gasteiger partial charge is 0.481 e. The van der Waals surface area contributed by atoms with Gasteiger partial charge in [-0.25, -0.2) is 0 Å². The number of carboxylic acid groups (broad SMARTS) is 1. The predicted octanol–water partition coefficient (Wildman–Crippen LogP) is 33.1. The van der Waals surface area contributed by atoms with E-state index in [1.165, 1.54) is 482 Å². The Morgan fingerprint density at radius 1 is 0.223 bits per heavy atom. The molecule has 3 nitrogen and oxygen atoms in total. The molecule has 0 atom stereocenters. The van der Waals surface area contributed by atoms with E-state index in [0.29, 0.717) is 6.42 Å². The lowest BCUT2D eigenvalue weighted by Crippen LogP contribution is -2.37. The van der Waals surface area contributed by atoms with Gasteiger partial charge in [-0.3, -0.25) is 4.79 Å². The van der Waals surface area contributed by atoms with Crippen LogP contribution in [-0.2, 0) is 4.79 Å². The van der Waals surface area contributed by atoms with Crippen molar-refractivity contribution in [3.63, 3.8) is 0 Å². The van der Waals surface area contributed by atoms with E-state index in [1.807, 2.05) is 0 Å². The van der Waals surface area contributed by atoms with Crippen LogP contribution in [-0.4, -0.2) is 35.1 Å². The van der Waals surface area contributed by atoms with Crippen molar-refractivity contribution in [1.82, 2.24) is 4.90 Å². The van der Waals surface area contributed by atoms with Crippen LogP contribution in [0.4, 0.5) is 0 Å². The van der Waals surface area contributed by atoms with Crippen LogP contribution in [0.5, 0.6) is 0 Å². The predicted molar refractivity (Wildman–Crippen MR) is 430 cm³/mol. The average molecular weight is 1320 g/mol. The Bertz CT molecular complexity index is 1340. The Morgan fingerprint density at radius 3 is 0.574 bits per heavy atom. The SMILES string of the molecule is CCCCCCCC/C=C\CCCCCCCC(=O)O.CCCCCCCC/C=C\CCCCCCCCN(CCCCCCCC/C=C\CCCCCCCC)C(CCCCCCCCCCCCCCCCCC)CCCCCCCCCCCCCCCCCC. The van der Waals surface area contributed by atoms with E-state index < -0.39 is 5.97 Å². The summed E-state index contributed by atoms with van der Waals surface area (Å²) >= 11 is 0. The molecule has 0 aliphatic heterocycles. The zero-order valence-corrected chi connectivity index (χ0v) is 66.0. The van der Waals surface area contributed by atoms with E-state index >= 15 is 0 Å². The van der Waals surface area contributed by atoms with Crippen molar-refractivity contribution in [2.45, 2.75) is 529 Å². The maximum atomic E-state index is 10.3. The molecule has 0 saturated heterocycles. The van der Waals surface area contributed by atoms with Gasteiger partial charge < -0.3 is 10.0 Å². The first kappa shape index (κ1) is 94.7. The second-order valence-electron chi connectivity index (χ2n) is 30.5. The fourth-order valence-corrected chi connectivity index (χ4v) is 14.3. The van der Waals surface area contributed by atoms with Crippen molar-refractivity contribution in [1.29, 1.82) is 0 Å². The Balaban J connectivity index is 0. The zero-order valence-electron chi connectivity index (χ0n) is 66.0. The molecule has 0 unspecified atom stereocenters. The van der Waals surface area contributed by atoms with Gasteiger partial charge in [0.15, 0.2) is 0 Å². The van der Waals surface area contributed by atoms with Crippen molar-refractivity contribution in [3.8, 4) is 0 Å². The quantitative estimate of drug-likeness (QED) is 0.0487. The fraction of sp³-hybridized carbons (Fsp3) is 0.923. The zero-order chi connectivity index (χ0) is 68.1. The topological polar surface area (TPSA) is 40.5 Å². The van der Waals surface area contributed by atoms with Gasteiger partial charge >= 0.3 is 5.97 Å². The average Bonchev–Trinajstić information content (AvgIpc) is 3.78. The Hall–Kier alpha value is -1.35. The van der Waals surface area contributed by atoms with Crippen molar-refractivity contribution >= 4 is 5.97 Å². The second kappa shape index (κ2) is 89.7. The lowest BCUT2D eigenvalue weighted by Gasteiger charge is -2.32. The minimum Gasteiger partial charge on any atom is -0.481 e. The highest BCUT2D eigenvalue weighted by atomic mass is 16.4. The summed E-state index contributed by atoms with van der Waals surface area (Å²) in [6, 6.07) is 0.833. The van der Waals surface area contributed by atoms with Crippen LogP contribution >= 0.6 is 0 Å². The molecular weight excluding hydrogens is 1140 g/mol. The molecule has 0 aliphatic carbocycles. The standard InChI is InChI=1S/C73H145N.C18H34O2/c1-5-9-13-17-21-25-29-33-37-41-45-49-53-57-61-65-69-73(70-66-62-58-54-50-46-42-38-34-30-26-22-18-14-10-6-2)74(71-67-63-59-55-51-47-43-39-35-31-27-23-19-15-11-7-3)72-68-64-60-56-52-48-44-40-36-32-28-24-20-16-12-8-4;1-2-3-4-5-6-7-8-9-10-11-12-13-14-15-16-17-18(19)20/h35-36,39-40,73H,5-34,37-38,41-72H2,1-4H3;9-10H,2-8,11-17H2,1H3,(H,19,20)/b39-35-,40-36-;10-9-. The number of hydrogen-bond donors (Lipinski definition) is 1. The smallest absolute Gasteiger partial charge is 0.303 e. The third kappa shape index (κ3) is 86.7. The van der Waals surface area contributed by atoms with E-state index in [4.69, 9.17) is 5.11 Å². The number of unbranched alkanes of at least 4 members (excludes halogenated alkanes) is 65. The number of carbonyl (C=O) groups is 1. The maximum Gasteiger partial charge on any atom is 0.303 e. The lowest BCUT2D eigenvalue weighted by atomic mass is 9.97. The first-order valence-electron chi connectivity index (χ1n) is 44.5. The van der Waals surface area contributed by atoms with Crippen LogP contribution in [0.2, 0.25) is 0 Å². The molecule has 0 aromatic carbocycles. The summed E-state index contributed by atoms with van der Waals surface area (Å²) in [5.74, 6) is -0.664. The molecule has 0 fully saturated rings. The molecule has 0 aliphatic rings. The van der Waals surface area contributed by atoms with Crippen molar-refractivity contribution in [2.24, 2.45) is 0 Å². The van der Waals surface area contributed by atoms with Crippen molar-refractivity contribution < 1.29 is 9.90 Å². The first-order chi connectivity index (χ1) is 46.6. The van der Waals surface area contributed by atoms with Gasteiger partial charge in [-0.1, -0.05) is 443 Å². The number of hydrogen-bond acceptors (Lipinski definition) is 2. The Morgan fingerprint density at radius 2 is 0.383 bits per heavy atom. The van der Waals surface area contributed by atoms with Crippen LogP contribution < -0.4 is 0 Å². The van der Waals surface area contributed by atoms with Gasteiger partial charge in [-0.05, 0) is 122 Å². The number of rotatable bonds is 82. The highest BCUT2D eigenvalue weighted by Gasteiger charge is 2.18. The molecule has 0 aromatic rings. The summed E-state index contributed by atoms with van der Waals surface area (Å²) in [4.78, 5) is 13.4. The summed E-state index contributed by atoms with van der Waals surface area (Å²) in [6.45, 7) is 14.3. The summed E-state index contributed by atoms with van der Waals surface area (Å²) in [7, 11) is 0. The summed E-state index contributed by atoms with van der Waals surface area (Å²) in [5.41, 5.74) is 0. The summed E-state index contributed by atoms with van der Waals surface area (Å²) in [5, 5.41) is 8.51. The minimum atomic E-state index is -0.664. The third-order valence-corrected chi connectivity index (χ3v) is 20.9. The van der Waals surface area contributed by atoms with Gasteiger partial charge in [0.25, 0.3) is 0 Å². The van der Waals surface area contributed by atoms with E-state index in [-0.39, 0.29) is 0 Å².